The summed E-state index contributed by atoms with van der Waals surface area (Å²) in [6.07, 6.45) is 0. The van der Waals surface area contributed by atoms with Crippen molar-refractivity contribution >= 4 is 33.0 Å². The van der Waals surface area contributed by atoms with Crippen LogP contribution in [0.3, 0.4) is 0 Å². The number of hydrogen-bond donors (Lipinski definition) is 2. The molecule has 37 heavy (non-hydrogen) atoms. The molecule has 0 aliphatic rings. The minimum absolute atomic E-state index is 0.0115. The Hall–Kier alpha value is -4.44. The number of thiazole rings is 1. The summed E-state index contributed by atoms with van der Waals surface area (Å²) >= 11 is 1.09. The van der Waals surface area contributed by atoms with Crippen molar-refractivity contribution in [2.24, 2.45) is 0 Å². The lowest BCUT2D eigenvalue weighted by atomic mass is 9.86. The standard InChI is InChI=1S/C27H23N3O6S/c1-14-5-12-19(36-14)23(31)21-22(15-6-8-16(9-7-15)27(2,3)4)29(25(33)24(21)32)26-28-18-11-10-17(30(34)35)13-20(18)37-26/h5-13,32-33H,1-4H3. The van der Waals surface area contributed by atoms with Crippen LogP contribution in [0.4, 0.5) is 5.69 Å². The minimum Gasteiger partial charge on any atom is -0.503 e. The van der Waals surface area contributed by atoms with E-state index in [0.29, 0.717) is 21.5 Å². The Kier molecular flexibility index (Phi) is 5.64. The van der Waals surface area contributed by atoms with Gasteiger partial charge in [-0.25, -0.2) is 4.98 Å². The second-order valence-corrected chi connectivity index (χ2v) is 10.7. The first-order chi connectivity index (χ1) is 17.5. The van der Waals surface area contributed by atoms with Crippen molar-refractivity contribution in [3.05, 3.63) is 87.4 Å². The zero-order chi connectivity index (χ0) is 26.6. The number of benzene rings is 2. The Bertz CT molecular complexity index is 1690. The van der Waals surface area contributed by atoms with Gasteiger partial charge in [0.2, 0.25) is 11.7 Å². The van der Waals surface area contributed by atoms with Crippen LogP contribution in [-0.4, -0.2) is 30.5 Å². The summed E-state index contributed by atoms with van der Waals surface area (Å²) in [7, 11) is 0. The van der Waals surface area contributed by atoms with Gasteiger partial charge in [-0.2, -0.15) is 0 Å². The van der Waals surface area contributed by atoms with Crippen molar-refractivity contribution in [2.75, 3.05) is 0 Å². The molecule has 188 valence electrons. The van der Waals surface area contributed by atoms with Crippen LogP contribution in [0.5, 0.6) is 11.6 Å². The fourth-order valence-corrected chi connectivity index (χ4v) is 5.15. The number of furan rings is 1. The number of nitro benzene ring substituents is 1. The van der Waals surface area contributed by atoms with E-state index < -0.39 is 22.3 Å². The fraction of sp³-hybridized carbons (Fsp3) is 0.185. The lowest BCUT2D eigenvalue weighted by molar-refractivity contribution is -0.384. The van der Waals surface area contributed by atoms with Crippen LogP contribution in [-0.2, 0) is 5.41 Å². The van der Waals surface area contributed by atoms with E-state index in [2.05, 4.69) is 25.8 Å². The topological polar surface area (TPSA) is 132 Å². The highest BCUT2D eigenvalue weighted by atomic mass is 32.1. The molecule has 5 aromatic rings. The number of ketones is 1. The van der Waals surface area contributed by atoms with Crippen LogP contribution in [0.2, 0.25) is 0 Å². The summed E-state index contributed by atoms with van der Waals surface area (Å²) in [4.78, 5) is 28.8. The quantitative estimate of drug-likeness (QED) is 0.154. The van der Waals surface area contributed by atoms with E-state index in [0.717, 1.165) is 16.9 Å². The van der Waals surface area contributed by atoms with Gasteiger partial charge in [0.15, 0.2) is 16.6 Å². The number of aromatic hydroxyl groups is 2. The molecule has 0 saturated heterocycles. The van der Waals surface area contributed by atoms with E-state index in [4.69, 9.17) is 4.42 Å². The lowest BCUT2D eigenvalue weighted by Crippen LogP contribution is -2.10. The molecular formula is C27H23N3O6S. The molecular weight excluding hydrogens is 494 g/mol. The number of aromatic nitrogens is 2. The average molecular weight is 518 g/mol. The highest BCUT2D eigenvalue weighted by Gasteiger charge is 2.32. The number of rotatable bonds is 5. The van der Waals surface area contributed by atoms with Gasteiger partial charge in [-0.1, -0.05) is 56.4 Å². The van der Waals surface area contributed by atoms with Gasteiger partial charge < -0.3 is 14.6 Å². The molecule has 0 saturated carbocycles. The van der Waals surface area contributed by atoms with Gasteiger partial charge in [-0.3, -0.25) is 19.5 Å². The molecule has 9 nitrogen and oxygen atoms in total. The third kappa shape index (κ3) is 4.15. The Morgan fingerprint density at radius 2 is 1.78 bits per heavy atom. The lowest BCUT2D eigenvalue weighted by Gasteiger charge is -2.19. The summed E-state index contributed by atoms with van der Waals surface area (Å²) in [5.41, 5.74) is 1.97. The Balaban J connectivity index is 1.77. The van der Waals surface area contributed by atoms with E-state index in [-0.39, 0.29) is 33.3 Å². The van der Waals surface area contributed by atoms with Crippen molar-refractivity contribution in [3.8, 4) is 28.0 Å². The summed E-state index contributed by atoms with van der Waals surface area (Å²) in [6.45, 7) is 7.94. The largest absolute Gasteiger partial charge is 0.503 e. The molecule has 0 atom stereocenters. The van der Waals surface area contributed by atoms with Gasteiger partial charge in [-0.15, -0.1) is 0 Å². The predicted molar refractivity (Wildman–Crippen MR) is 140 cm³/mol. The first kappa shape index (κ1) is 24.3. The number of carbonyl (C=O) groups is 1. The molecule has 3 heterocycles. The summed E-state index contributed by atoms with van der Waals surface area (Å²) in [5, 5.41) is 33.5. The molecule has 0 spiro atoms. The van der Waals surface area contributed by atoms with Gasteiger partial charge in [-0.05, 0) is 41.7 Å². The molecule has 0 amide bonds. The third-order valence-electron chi connectivity index (χ3n) is 6.10. The van der Waals surface area contributed by atoms with Gasteiger partial charge >= 0.3 is 0 Å². The highest BCUT2D eigenvalue weighted by molar-refractivity contribution is 7.20. The number of non-ortho nitro benzene ring substituents is 1. The minimum atomic E-state index is -0.612. The first-order valence-electron chi connectivity index (χ1n) is 11.4. The van der Waals surface area contributed by atoms with E-state index in [9.17, 15) is 25.1 Å². The molecule has 0 aliphatic heterocycles. The van der Waals surface area contributed by atoms with Crippen LogP contribution in [0, 0.1) is 17.0 Å². The monoisotopic (exact) mass is 517 g/mol. The van der Waals surface area contributed by atoms with Crippen molar-refractivity contribution in [1.29, 1.82) is 0 Å². The number of hydrogen-bond acceptors (Lipinski definition) is 8. The molecule has 0 unspecified atom stereocenters. The second kappa shape index (κ2) is 8.59. The van der Waals surface area contributed by atoms with E-state index >= 15 is 0 Å². The second-order valence-electron chi connectivity index (χ2n) is 9.70. The Labute approximate surface area is 215 Å². The van der Waals surface area contributed by atoms with E-state index in [1.54, 1.807) is 13.0 Å². The van der Waals surface area contributed by atoms with Crippen LogP contribution in [0.15, 0.2) is 59.0 Å². The fourth-order valence-electron chi connectivity index (χ4n) is 4.14. The van der Waals surface area contributed by atoms with Crippen LogP contribution in [0.25, 0.3) is 26.6 Å². The summed E-state index contributed by atoms with van der Waals surface area (Å²) in [5.74, 6) is -1.26. The molecule has 2 N–H and O–H groups in total. The Morgan fingerprint density at radius 1 is 1.08 bits per heavy atom. The number of carbonyl (C=O) groups excluding carboxylic acids is 1. The SMILES string of the molecule is Cc1ccc(C(=O)c2c(O)c(O)n(-c3nc4ccc([N+](=O)[O-])cc4s3)c2-c2ccc(C(C)(C)C)cc2)o1. The van der Waals surface area contributed by atoms with Crippen LogP contribution in [0.1, 0.15) is 48.2 Å². The molecule has 10 heteroatoms. The smallest absolute Gasteiger partial charge is 0.270 e. The van der Waals surface area contributed by atoms with Gasteiger partial charge in [0.1, 0.15) is 5.76 Å². The Morgan fingerprint density at radius 3 is 2.38 bits per heavy atom. The number of nitro groups is 1. The van der Waals surface area contributed by atoms with Gasteiger partial charge in [0.25, 0.3) is 5.69 Å². The van der Waals surface area contributed by atoms with Crippen molar-refractivity contribution < 1.29 is 24.3 Å². The molecule has 3 aromatic heterocycles. The maximum absolute atomic E-state index is 13.5. The normalized spacial score (nSPS) is 11.8. The maximum atomic E-state index is 13.5. The van der Waals surface area contributed by atoms with Crippen molar-refractivity contribution in [3.63, 3.8) is 0 Å². The molecule has 0 radical (unpaired) electrons. The van der Waals surface area contributed by atoms with Gasteiger partial charge in [0.05, 0.1) is 26.4 Å². The predicted octanol–water partition coefficient (Wildman–Crippen LogP) is 6.50. The van der Waals surface area contributed by atoms with Crippen LogP contribution >= 0.6 is 11.3 Å². The van der Waals surface area contributed by atoms with Crippen molar-refractivity contribution in [2.45, 2.75) is 33.1 Å². The summed E-state index contributed by atoms with van der Waals surface area (Å²) in [6, 6.07) is 14.9. The van der Waals surface area contributed by atoms with E-state index in [1.807, 2.05) is 24.3 Å². The molecule has 2 aromatic carbocycles. The van der Waals surface area contributed by atoms with Gasteiger partial charge in [0, 0.05) is 12.1 Å². The average Bonchev–Trinajstić information content (AvgIpc) is 3.53. The zero-order valence-electron chi connectivity index (χ0n) is 20.5. The van der Waals surface area contributed by atoms with Crippen LogP contribution < -0.4 is 0 Å². The number of aryl methyl sites for hydroxylation is 1. The van der Waals surface area contributed by atoms with E-state index in [1.165, 1.54) is 28.8 Å². The molecule has 0 aliphatic carbocycles. The number of nitrogens with zero attached hydrogens (tertiary/aromatic N) is 3. The summed E-state index contributed by atoms with van der Waals surface area (Å²) < 4.78 is 7.33. The third-order valence-corrected chi connectivity index (χ3v) is 7.10. The highest BCUT2D eigenvalue weighted by Crippen LogP contribution is 2.45. The molecule has 0 fully saturated rings. The molecule has 0 bridgehead atoms. The number of fused-ring (bicyclic) bond motifs is 1. The zero-order valence-corrected chi connectivity index (χ0v) is 21.3. The maximum Gasteiger partial charge on any atom is 0.270 e. The van der Waals surface area contributed by atoms with Crippen molar-refractivity contribution in [1.82, 2.24) is 9.55 Å². The first-order valence-corrected chi connectivity index (χ1v) is 12.2. The molecule has 5 rings (SSSR count).